The third kappa shape index (κ3) is 4.68. The first kappa shape index (κ1) is 13.5. The number of rotatable bonds is 1. The average molecular weight is 192 g/mol. The number of benzene rings is 1. The van der Waals surface area contributed by atoms with Crippen molar-refractivity contribution in [2.75, 3.05) is 7.18 Å². The summed E-state index contributed by atoms with van der Waals surface area (Å²) in [6, 6.07) is 8.76. The van der Waals surface area contributed by atoms with Crippen molar-refractivity contribution in [2.24, 2.45) is 5.73 Å². The van der Waals surface area contributed by atoms with Gasteiger partial charge in [-0.25, -0.2) is 0 Å². The predicted octanol–water partition coefficient (Wildman–Crippen LogP) is 1.79. The van der Waals surface area contributed by atoms with E-state index in [-0.39, 0.29) is 18.3 Å². The van der Waals surface area contributed by atoms with Gasteiger partial charge in [-0.05, 0) is 12.1 Å². The monoisotopic (exact) mass is 191 g/mol. The van der Waals surface area contributed by atoms with Gasteiger partial charge in [-0.2, -0.15) is 0 Å². The van der Waals surface area contributed by atoms with Gasteiger partial charge in [0.15, 0.2) is 0 Å². The summed E-state index contributed by atoms with van der Waals surface area (Å²) in [7, 11) is 0.500. The van der Waals surface area contributed by atoms with Crippen LogP contribution in [0.1, 0.15) is 10.4 Å². The van der Waals surface area contributed by atoms with Crippen LogP contribution in [0.2, 0.25) is 0 Å². The Bertz CT molecular complexity index is 216. The lowest BCUT2D eigenvalue weighted by Gasteiger charge is -1.89. The highest BCUT2D eigenvalue weighted by Gasteiger charge is 1.93. The third-order valence-electron chi connectivity index (χ3n) is 1.06. The fourth-order valence-electron chi connectivity index (χ4n) is 0.602. The molecule has 1 amide bonds. The van der Waals surface area contributed by atoms with Gasteiger partial charge in [0, 0.05) is 5.56 Å². The lowest BCUT2D eigenvalue weighted by Crippen LogP contribution is -2.09. The molecule has 2 N–H and O–H groups in total. The Kier molecular flexibility index (Phi) is 9.01. The van der Waals surface area contributed by atoms with E-state index in [1.54, 1.807) is 24.3 Å². The zero-order valence-corrected chi connectivity index (χ0v) is 7.48. The van der Waals surface area contributed by atoms with Crippen LogP contribution < -0.4 is 5.73 Å². The highest BCUT2D eigenvalue weighted by molar-refractivity contribution is 5.92. The fraction of sp³-hybridized carbons (Fsp3) is 0.125. The lowest BCUT2D eigenvalue weighted by molar-refractivity contribution is 0.100. The molecule has 0 saturated carbocycles. The number of carbonyl (C=O) groups is 1. The van der Waals surface area contributed by atoms with Crippen LogP contribution in [0, 0.1) is 0 Å². The van der Waals surface area contributed by atoms with Gasteiger partial charge in [0.25, 0.3) is 0 Å². The summed E-state index contributed by atoms with van der Waals surface area (Å²) in [5.74, 6) is -0.379. The van der Waals surface area contributed by atoms with E-state index in [1.807, 2.05) is 6.07 Å². The van der Waals surface area contributed by atoms with Crippen LogP contribution in [0.5, 0.6) is 0 Å². The SMILES string of the molecule is CF.Cl.NC(=O)c1ccccc1. The zero-order valence-electron chi connectivity index (χ0n) is 6.66. The Morgan fingerprint density at radius 1 is 1.25 bits per heavy atom. The molecule has 0 unspecified atom stereocenters. The zero-order chi connectivity index (χ0) is 8.69. The van der Waals surface area contributed by atoms with Gasteiger partial charge in [-0.1, -0.05) is 18.2 Å². The molecule has 0 atom stereocenters. The maximum absolute atomic E-state index is 10.4. The van der Waals surface area contributed by atoms with Gasteiger partial charge >= 0.3 is 0 Å². The van der Waals surface area contributed by atoms with Crippen LogP contribution in [-0.4, -0.2) is 13.1 Å². The topological polar surface area (TPSA) is 43.1 Å². The molecule has 0 heterocycles. The van der Waals surface area contributed by atoms with Gasteiger partial charge < -0.3 is 5.73 Å². The summed E-state index contributed by atoms with van der Waals surface area (Å²) in [6.45, 7) is 0. The molecule has 1 aromatic carbocycles. The Balaban J connectivity index is 0. The number of halogens is 2. The average Bonchev–Trinajstić information content (AvgIpc) is 2.10. The Hall–Kier alpha value is -1.09. The first-order valence-electron chi connectivity index (χ1n) is 3.03. The largest absolute Gasteiger partial charge is 0.366 e. The van der Waals surface area contributed by atoms with Crippen molar-refractivity contribution >= 4 is 18.3 Å². The van der Waals surface area contributed by atoms with E-state index in [0.29, 0.717) is 12.7 Å². The highest BCUT2D eigenvalue weighted by Crippen LogP contribution is 1.94. The minimum atomic E-state index is -0.379. The summed E-state index contributed by atoms with van der Waals surface area (Å²) in [4.78, 5) is 10.4. The van der Waals surface area contributed by atoms with Crippen molar-refractivity contribution in [3.63, 3.8) is 0 Å². The molecule has 4 heteroatoms. The molecule has 2 nitrogen and oxygen atoms in total. The molecule has 0 aliphatic rings. The minimum Gasteiger partial charge on any atom is -0.366 e. The van der Waals surface area contributed by atoms with Crippen molar-refractivity contribution in [3.8, 4) is 0 Å². The number of primary amides is 1. The van der Waals surface area contributed by atoms with E-state index < -0.39 is 0 Å². The summed E-state index contributed by atoms with van der Waals surface area (Å²) in [5, 5.41) is 0. The lowest BCUT2D eigenvalue weighted by atomic mass is 10.2. The molecular weight excluding hydrogens is 181 g/mol. The van der Waals surface area contributed by atoms with Crippen molar-refractivity contribution in [2.45, 2.75) is 0 Å². The molecule has 1 aromatic rings. The molecule has 0 bridgehead atoms. The van der Waals surface area contributed by atoms with Crippen molar-refractivity contribution in [1.82, 2.24) is 0 Å². The van der Waals surface area contributed by atoms with Gasteiger partial charge in [0.05, 0.1) is 7.18 Å². The second-order valence-electron chi connectivity index (χ2n) is 1.73. The molecule has 12 heavy (non-hydrogen) atoms. The molecule has 0 spiro atoms. The van der Waals surface area contributed by atoms with Crippen LogP contribution in [0.25, 0.3) is 0 Å². The smallest absolute Gasteiger partial charge is 0.248 e. The van der Waals surface area contributed by atoms with Gasteiger partial charge in [0.2, 0.25) is 5.91 Å². The summed E-state index contributed by atoms with van der Waals surface area (Å²) < 4.78 is 9.50. The van der Waals surface area contributed by atoms with Crippen LogP contribution in [0.4, 0.5) is 4.39 Å². The Morgan fingerprint density at radius 2 is 1.67 bits per heavy atom. The molecule has 0 aliphatic heterocycles. The fourth-order valence-corrected chi connectivity index (χ4v) is 0.602. The van der Waals surface area contributed by atoms with E-state index in [0.717, 1.165) is 0 Å². The standard InChI is InChI=1S/C7H7NO.CH3F.ClH/c8-7(9)6-4-2-1-3-5-6;1-2;/h1-5H,(H2,8,9);1H3;1H. The van der Waals surface area contributed by atoms with Gasteiger partial charge in [0.1, 0.15) is 0 Å². The molecular formula is C8H11ClFNO. The van der Waals surface area contributed by atoms with Crippen molar-refractivity contribution < 1.29 is 9.18 Å². The van der Waals surface area contributed by atoms with Crippen LogP contribution in [0.3, 0.4) is 0 Å². The molecule has 0 aromatic heterocycles. The first-order chi connectivity index (χ1) is 5.30. The summed E-state index contributed by atoms with van der Waals surface area (Å²) >= 11 is 0. The Morgan fingerprint density at radius 3 is 1.92 bits per heavy atom. The van der Waals surface area contributed by atoms with E-state index in [1.165, 1.54) is 0 Å². The molecule has 0 radical (unpaired) electrons. The predicted molar refractivity (Wildman–Crippen MR) is 49.2 cm³/mol. The third-order valence-corrected chi connectivity index (χ3v) is 1.06. The molecule has 0 aliphatic carbocycles. The van der Waals surface area contributed by atoms with Gasteiger partial charge in [-0.3, -0.25) is 9.18 Å². The van der Waals surface area contributed by atoms with Crippen LogP contribution in [0.15, 0.2) is 30.3 Å². The maximum Gasteiger partial charge on any atom is 0.248 e. The molecule has 68 valence electrons. The number of nitrogens with two attached hydrogens (primary N) is 1. The van der Waals surface area contributed by atoms with E-state index in [2.05, 4.69) is 0 Å². The summed E-state index contributed by atoms with van der Waals surface area (Å²) in [5.41, 5.74) is 5.53. The number of hydrogen-bond donors (Lipinski definition) is 1. The molecule has 1 rings (SSSR count). The van der Waals surface area contributed by atoms with Gasteiger partial charge in [-0.15, -0.1) is 12.4 Å². The number of alkyl halides is 1. The second-order valence-corrected chi connectivity index (χ2v) is 1.73. The number of carbonyl (C=O) groups excluding carboxylic acids is 1. The normalized spacial score (nSPS) is 7.17. The van der Waals surface area contributed by atoms with E-state index >= 15 is 0 Å². The molecule has 0 fully saturated rings. The second kappa shape index (κ2) is 8.01. The quantitative estimate of drug-likeness (QED) is 0.723. The van der Waals surface area contributed by atoms with Crippen molar-refractivity contribution in [1.29, 1.82) is 0 Å². The van der Waals surface area contributed by atoms with E-state index in [4.69, 9.17) is 5.73 Å². The number of amides is 1. The number of hydrogen-bond acceptors (Lipinski definition) is 1. The maximum atomic E-state index is 10.4. The van der Waals surface area contributed by atoms with Crippen LogP contribution >= 0.6 is 12.4 Å². The molecule has 0 saturated heterocycles. The minimum absolute atomic E-state index is 0. The van der Waals surface area contributed by atoms with E-state index in [9.17, 15) is 9.18 Å². The Labute approximate surface area is 77.0 Å². The van der Waals surface area contributed by atoms with Crippen LogP contribution in [-0.2, 0) is 0 Å². The highest BCUT2D eigenvalue weighted by atomic mass is 35.5. The van der Waals surface area contributed by atoms with Crippen molar-refractivity contribution in [3.05, 3.63) is 35.9 Å². The summed E-state index contributed by atoms with van der Waals surface area (Å²) in [6.07, 6.45) is 0. The first-order valence-corrected chi connectivity index (χ1v) is 3.03.